The fourth-order valence-corrected chi connectivity index (χ4v) is 4.80. The average molecular weight is 515 g/mol. The summed E-state index contributed by atoms with van der Waals surface area (Å²) in [6.45, 7) is 1.77. The van der Waals surface area contributed by atoms with Crippen LogP contribution in [0.15, 0.2) is 152 Å². The molecule has 5 aromatic rings. The summed E-state index contributed by atoms with van der Waals surface area (Å²) in [4.78, 5) is 0. The summed E-state index contributed by atoms with van der Waals surface area (Å²) in [6, 6.07) is 51.7. The van der Waals surface area contributed by atoms with Crippen LogP contribution in [-0.4, -0.2) is 19.3 Å². The topological polar surface area (TPSA) is 27.7 Å². The molecule has 5 aromatic carbocycles. The first-order valence-electron chi connectivity index (χ1n) is 13.4. The van der Waals surface area contributed by atoms with Crippen LogP contribution >= 0.6 is 0 Å². The highest BCUT2D eigenvalue weighted by Gasteiger charge is 2.38. The van der Waals surface area contributed by atoms with Crippen molar-refractivity contribution in [3.8, 4) is 0 Å². The Labute approximate surface area is 231 Å². The third-order valence-electron chi connectivity index (χ3n) is 6.77. The third-order valence-corrected chi connectivity index (χ3v) is 6.77. The van der Waals surface area contributed by atoms with E-state index >= 15 is 0 Å². The van der Waals surface area contributed by atoms with Crippen molar-refractivity contribution in [2.24, 2.45) is 0 Å². The van der Waals surface area contributed by atoms with Gasteiger partial charge in [-0.2, -0.15) is 0 Å². The van der Waals surface area contributed by atoms with Gasteiger partial charge < -0.3 is 14.2 Å². The second-order valence-corrected chi connectivity index (χ2v) is 9.51. The number of ether oxygens (including phenoxy) is 3. The molecular weight excluding hydrogens is 480 g/mol. The molecule has 0 spiro atoms. The Balaban J connectivity index is 1.43. The SMILES string of the molecule is c1ccc(COC[C@H](COC(c2ccccc2)(c2ccccc2)c2ccccc2)OCc2ccccc2)cc1. The first-order valence-corrected chi connectivity index (χ1v) is 13.4. The lowest BCUT2D eigenvalue weighted by atomic mass is 9.80. The van der Waals surface area contributed by atoms with Gasteiger partial charge in [-0.05, 0) is 27.8 Å². The Morgan fingerprint density at radius 3 is 1.26 bits per heavy atom. The van der Waals surface area contributed by atoms with Gasteiger partial charge in [-0.1, -0.05) is 152 Å². The van der Waals surface area contributed by atoms with Crippen LogP contribution in [0.1, 0.15) is 27.8 Å². The van der Waals surface area contributed by atoms with Gasteiger partial charge in [0.1, 0.15) is 11.7 Å². The van der Waals surface area contributed by atoms with E-state index in [1.54, 1.807) is 0 Å². The van der Waals surface area contributed by atoms with Gasteiger partial charge in [-0.25, -0.2) is 0 Å². The fourth-order valence-electron chi connectivity index (χ4n) is 4.80. The molecule has 1 atom stereocenters. The Kier molecular flexibility index (Phi) is 9.32. The van der Waals surface area contributed by atoms with E-state index in [9.17, 15) is 0 Å². The van der Waals surface area contributed by atoms with Gasteiger partial charge >= 0.3 is 0 Å². The molecule has 0 aromatic heterocycles. The first-order chi connectivity index (χ1) is 19.3. The molecule has 0 fully saturated rings. The lowest BCUT2D eigenvalue weighted by molar-refractivity contribution is -0.0987. The number of benzene rings is 5. The molecule has 0 aliphatic carbocycles. The molecule has 3 heteroatoms. The molecule has 0 amide bonds. The average Bonchev–Trinajstić information content (AvgIpc) is 3.02. The van der Waals surface area contributed by atoms with Crippen LogP contribution in [0.5, 0.6) is 0 Å². The van der Waals surface area contributed by atoms with Crippen molar-refractivity contribution in [3.63, 3.8) is 0 Å². The van der Waals surface area contributed by atoms with Crippen molar-refractivity contribution in [2.75, 3.05) is 13.2 Å². The summed E-state index contributed by atoms with van der Waals surface area (Å²) in [5, 5.41) is 0. The van der Waals surface area contributed by atoms with E-state index in [1.807, 2.05) is 54.6 Å². The van der Waals surface area contributed by atoms with Gasteiger partial charge in [0, 0.05) is 0 Å². The van der Waals surface area contributed by atoms with E-state index in [4.69, 9.17) is 14.2 Å². The second-order valence-electron chi connectivity index (χ2n) is 9.51. The molecule has 0 aliphatic heterocycles. The summed E-state index contributed by atoms with van der Waals surface area (Å²) in [5.41, 5.74) is 4.63. The maximum Gasteiger partial charge on any atom is 0.143 e. The summed E-state index contributed by atoms with van der Waals surface area (Å²) in [7, 11) is 0. The van der Waals surface area contributed by atoms with E-state index in [1.165, 1.54) is 0 Å². The minimum absolute atomic E-state index is 0.274. The predicted octanol–water partition coefficient (Wildman–Crippen LogP) is 7.80. The third kappa shape index (κ3) is 6.90. The van der Waals surface area contributed by atoms with Crippen LogP contribution in [-0.2, 0) is 33.0 Å². The Morgan fingerprint density at radius 2 is 0.821 bits per heavy atom. The molecule has 5 rings (SSSR count). The zero-order chi connectivity index (χ0) is 26.6. The summed E-state index contributed by atoms with van der Waals surface area (Å²) in [6.07, 6.45) is -0.274. The molecule has 0 saturated heterocycles. The van der Waals surface area contributed by atoms with Crippen molar-refractivity contribution in [3.05, 3.63) is 179 Å². The monoisotopic (exact) mass is 514 g/mol. The van der Waals surface area contributed by atoms with Crippen molar-refractivity contribution in [1.29, 1.82) is 0 Å². The van der Waals surface area contributed by atoms with Gasteiger partial charge in [0.25, 0.3) is 0 Å². The standard InChI is InChI=1S/C36H34O3/c1-6-16-30(17-7-1)26-37-28-35(38-27-31-18-8-2-9-19-31)29-39-36(32-20-10-3-11-21-32,33-22-12-4-13-23-33)34-24-14-5-15-25-34/h1-25,35H,26-29H2/t35-/m1/s1. The maximum atomic E-state index is 7.04. The van der Waals surface area contributed by atoms with Crippen LogP contribution in [0.25, 0.3) is 0 Å². The number of hydrogen-bond acceptors (Lipinski definition) is 3. The molecule has 0 unspecified atom stereocenters. The number of hydrogen-bond donors (Lipinski definition) is 0. The van der Waals surface area contributed by atoms with Gasteiger partial charge in [0.15, 0.2) is 0 Å². The summed E-state index contributed by atoms with van der Waals surface area (Å²) >= 11 is 0. The van der Waals surface area contributed by atoms with E-state index in [0.29, 0.717) is 26.4 Å². The van der Waals surface area contributed by atoms with Crippen LogP contribution in [0.4, 0.5) is 0 Å². The minimum atomic E-state index is -0.808. The maximum absolute atomic E-state index is 7.04. The van der Waals surface area contributed by atoms with Gasteiger partial charge in [-0.15, -0.1) is 0 Å². The lowest BCUT2D eigenvalue weighted by Crippen LogP contribution is -2.37. The van der Waals surface area contributed by atoms with Crippen LogP contribution in [0, 0.1) is 0 Å². The highest BCUT2D eigenvalue weighted by molar-refractivity contribution is 5.47. The molecular formula is C36H34O3. The highest BCUT2D eigenvalue weighted by atomic mass is 16.6. The Morgan fingerprint density at radius 1 is 0.436 bits per heavy atom. The highest BCUT2D eigenvalue weighted by Crippen LogP contribution is 2.40. The van der Waals surface area contributed by atoms with E-state index in [-0.39, 0.29) is 6.10 Å². The molecule has 196 valence electrons. The van der Waals surface area contributed by atoms with Crippen molar-refractivity contribution >= 4 is 0 Å². The summed E-state index contributed by atoms with van der Waals surface area (Å²) in [5.74, 6) is 0. The lowest BCUT2D eigenvalue weighted by Gasteiger charge is -2.37. The van der Waals surface area contributed by atoms with Gasteiger partial charge in [-0.3, -0.25) is 0 Å². The van der Waals surface area contributed by atoms with Gasteiger partial charge in [0.05, 0.1) is 26.4 Å². The summed E-state index contributed by atoms with van der Waals surface area (Å²) < 4.78 is 19.6. The largest absolute Gasteiger partial charge is 0.374 e. The first kappa shape index (κ1) is 26.6. The zero-order valence-electron chi connectivity index (χ0n) is 22.1. The molecule has 3 nitrogen and oxygen atoms in total. The molecule has 0 bridgehead atoms. The van der Waals surface area contributed by atoms with Crippen LogP contribution in [0.3, 0.4) is 0 Å². The van der Waals surface area contributed by atoms with Gasteiger partial charge in [0.2, 0.25) is 0 Å². The molecule has 39 heavy (non-hydrogen) atoms. The minimum Gasteiger partial charge on any atom is -0.374 e. The normalized spacial score (nSPS) is 12.2. The van der Waals surface area contributed by atoms with Crippen molar-refractivity contribution in [1.82, 2.24) is 0 Å². The Bertz CT molecular complexity index is 1260. The van der Waals surface area contributed by atoms with E-state index in [2.05, 4.69) is 97.1 Å². The Hall–Kier alpha value is -4.02. The number of rotatable bonds is 13. The molecule has 0 saturated carbocycles. The molecule has 0 N–H and O–H groups in total. The van der Waals surface area contributed by atoms with Crippen LogP contribution < -0.4 is 0 Å². The van der Waals surface area contributed by atoms with Crippen molar-refractivity contribution in [2.45, 2.75) is 24.9 Å². The predicted molar refractivity (Wildman–Crippen MR) is 156 cm³/mol. The second kappa shape index (κ2) is 13.7. The molecule has 0 heterocycles. The molecule has 0 radical (unpaired) electrons. The quantitative estimate of drug-likeness (QED) is 0.150. The van der Waals surface area contributed by atoms with E-state index in [0.717, 1.165) is 27.8 Å². The fraction of sp³-hybridized carbons (Fsp3) is 0.167. The molecule has 0 aliphatic rings. The van der Waals surface area contributed by atoms with Crippen LogP contribution in [0.2, 0.25) is 0 Å². The van der Waals surface area contributed by atoms with E-state index < -0.39 is 5.60 Å². The van der Waals surface area contributed by atoms with Crippen molar-refractivity contribution < 1.29 is 14.2 Å². The zero-order valence-corrected chi connectivity index (χ0v) is 22.1. The smallest absolute Gasteiger partial charge is 0.143 e.